The summed E-state index contributed by atoms with van der Waals surface area (Å²) in [6.45, 7) is 6.10. The first kappa shape index (κ1) is 22.7. The molecule has 8 heteroatoms. The van der Waals surface area contributed by atoms with E-state index in [1.807, 2.05) is 6.92 Å². The van der Waals surface area contributed by atoms with Crippen LogP contribution in [0.5, 0.6) is 0 Å². The van der Waals surface area contributed by atoms with E-state index in [4.69, 9.17) is 5.73 Å². The topological polar surface area (TPSA) is 95.7 Å². The number of halogens is 1. The number of nitrogens with two attached hydrogens (primary N) is 1. The molecule has 2 rings (SSSR count). The Morgan fingerprint density at radius 1 is 1.27 bits per heavy atom. The summed E-state index contributed by atoms with van der Waals surface area (Å²) >= 11 is 0. The Morgan fingerprint density at radius 3 is 2.35 bits per heavy atom. The molecule has 1 aliphatic heterocycles. The van der Waals surface area contributed by atoms with E-state index in [9.17, 15) is 14.4 Å². The Balaban J connectivity index is 0.00000338. The molecule has 0 radical (unpaired) electrons. The Hall–Kier alpha value is -1.34. The maximum absolute atomic E-state index is 12.9. The SMILES string of the molecule is CC(C)CC(C)(CN)NC(=O)CN1C(=O)N(C)C2(CCCCC2)C1=O.Cl. The molecule has 2 fully saturated rings. The molecule has 1 saturated heterocycles. The maximum atomic E-state index is 12.9. The largest absolute Gasteiger partial charge is 0.348 e. The number of nitrogens with one attached hydrogen (secondary N) is 1. The van der Waals surface area contributed by atoms with Crippen LogP contribution in [0.15, 0.2) is 0 Å². The van der Waals surface area contributed by atoms with Crippen LogP contribution in [-0.2, 0) is 9.59 Å². The summed E-state index contributed by atoms with van der Waals surface area (Å²) in [4.78, 5) is 40.6. The van der Waals surface area contributed by atoms with Gasteiger partial charge in [-0.25, -0.2) is 4.79 Å². The second-order valence-electron chi connectivity index (χ2n) is 8.24. The molecule has 1 aliphatic carbocycles. The molecular formula is C18H33ClN4O3. The molecule has 150 valence electrons. The third-order valence-corrected chi connectivity index (χ3v) is 5.54. The first-order valence-electron chi connectivity index (χ1n) is 9.26. The van der Waals surface area contributed by atoms with Gasteiger partial charge in [0.05, 0.1) is 0 Å². The van der Waals surface area contributed by atoms with Crippen LogP contribution in [0.2, 0.25) is 0 Å². The highest BCUT2D eigenvalue weighted by atomic mass is 35.5. The number of hydrogen-bond acceptors (Lipinski definition) is 4. The van der Waals surface area contributed by atoms with Gasteiger partial charge in [-0.2, -0.15) is 0 Å². The lowest BCUT2D eigenvalue weighted by atomic mass is 9.81. The Morgan fingerprint density at radius 2 is 1.85 bits per heavy atom. The Bertz CT molecular complexity index is 549. The van der Waals surface area contributed by atoms with Crippen molar-refractivity contribution in [3.05, 3.63) is 0 Å². The van der Waals surface area contributed by atoms with Crippen molar-refractivity contribution >= 4 is 30.3 Å². The van der Waals surface area contributed by atoms with Crippen molar-refractivity contribution in [1.82, 2.24) is 15.1 Å². The summed E-state index contributed by atoms with van der Waals surface area (Å²) in [5.74, 6) is -0.190. The standard InChI is InChI=1S/C18H32N4O3.ClH/c1-13(2)10-17(3,12-19)20-14(23)11-22-15(24)18(21(4)16(22)25)8-6-5-7-9-18;/h13H,5-12,19H2,1-4H3,(H,20,23);1H. The van der Waals surface area contributed by atoms with Crippen molar-refractivity contribution in [2.24, 2.45) is 11.7 Å². The summed E-state index contributed by atoms with van der Waals surface area (Å²) in [5, 5.41) is 2.92. The van der Waals surface area contributed by atoms with E-state index in [1.54, 1.807) is 7.05 Å². The van der Waals surface area contributed by atoms with Crippen LogP contribution in [0.4, 0.5) is 4.79 Å². The highest BCUT2D eigenvalue weighted by Gasteiger charge is 2.55. The van der Waals surface area contributed by atoms with Crippen molar-refractivity contribution in [2.45, 2.75) is 70.4 Å². The van der Waals surface area contributed by atoms with Gasteiger partial charge in [0.1, 0.15) is 12.1 Å². The van der Waals surface area contributed by atoms with Gasteiger partial charge >= 0.3 is 6.03 Å². The number of imide groups is 1. The highest BCUT2D eigenvalue weighted by Crippen LogP contribution is 2.39. The van der Waals surface area contributed by atoms with Crippen molar-refractivity contribution in [1.29, 1.82) is 0 Å². The van der Waals surface area contributed by atoms with Crippen LogP contribution < -0.4 is 11.1 Å². The summed E-state index contributed by atoms with van der Waals surface area (Å²) < 4.78 is 0. The van der Waals surface area contributed by atoms with Crippen molar-refractivity contribution in [3.63, 3.8) is 0 Å². The molecule has 2 aliphatic rings. The molecule has 1 atom stereocenters. The number of amides is 4. The Kier molecular flexibility index (Phi) is 7.48. The van der Waals surface area contributed by atoms with Crippen LogP contribution >= 0.6 is 12.4 Å². The third kappa shape index (κ3) is 4.31. The predicted molar refractivity (Wildman–Crippen MR) is 103 cm³/mol. The minimum absolute atomic E-state index is 0. The number of nitrogens with zero attached hydrogens (tertiary/aromatic N) is 2. The summed E-state index contributed by atoms with van der Waals surface area (Å²) in [6, 6.07) is -0.375. The minimum Gasteiger partial charge on any atom is -0.348 e. The van der Waals surface area contributed by atoms with E-state index in [1.165, 1.54) is 4.90 Å². The number of hydrogen-bond donors (Lipinski definition) is 2. The van der Waals surface area contributed by atoms with Gasteiger partial charge in [-0.3, -0.25) is 14.5 Å². The lowest BCUT2D eigenvalue weighted by Crippen LogP contribution is -2.55. The average Bonchev–Trinajstić information content (AvgIpc) is 2.71. The van der Waals surface area contributed by atoms with Gasteiger partial charge < -0.3 is 16.0 Å². The van der Waals surface area contributed by atoms with Crippen molar-refractivity contribution < 1.29 is 14.4 Å². The first-order valence-corrected chi connectivity index (χ1v) is 9.26. The highest BCUT2D eigenvalue weighted by molar-refractivity contribution is 6.09. The number of rotatable bonds is 6. The van der Waals surface area contributed by atoms with Crippen LogP contribution in [0.3, 0.4) is 0 Å². The second kappa shape index (κ2) is 8.57. The average molecular weight is 389 g/mol. The van der Waals surface area contributed by atoms with Gasteiger partial charge in [0.2, 0.25) is 5.91 Å². The zero-order valence-electron chi connectivity index (χ0n) is 16.3. The van der Waals surface area contributed by atoms with E-state index in [-0.39, 0.29) is 36.8 Å². The molecule has 0 bridgehead atoms. The maximum Gasteiger partial charge on any atom is 0.327 e. The van der Waals surface area contributed by atoms with Gasteiger partial charge in [0.25, 0.3) is 5.91 Å². The predicted octanol–water partition coefficient (Wildman–Crippen LogP) is 1.88. The Labute approximate surface area is 162 Å². The number of carbonyl (C=O) groups excluding carboxylic acids is 3. The lowest BCUT2D eigenvalue weighted by Gasteiger charge is -2.35. The van der Waals surface area contributed by atoms with Gasteiger partial charge in [0, 0.05) is 19.1 Å². The van der Waals surface area contributed by atoms with E-state index in [2.05, 4.69) is 19.2 Å². The first-order chi connectivity index (χ1) is 11.6. The van der Waals surface area contributed by atoms with Crippen molar-refractivity contribution in [3.8, 4) is 0 Å². The molecule has 0 aromatic carbocycles. The fourth-order valence-electron chi connectivity index (χ4n) is 4.28. The van der Waals surface area contributed by atoms with Crippen LogP contribution in [0.25, 0.3) is 0 Å². The molecule has 1 spiro atoms. The van der Waals surface area contributed by atoms with E-state index >= 15 is 0 Å². The summed E-state index contributed by atoms with van der Waals surface area (Å²) in [7, 11) is 1.67. The van der Waals surface area contributed by atoms with E-state index in [0.29, 0.717) is 25.3 Å². The van der Waals surface area contributed by atoms with Crippen LogP contribution in [-0.4, -0.2) is 58.9 Å². The number of urea groups is 1. The van der Waals surface area contributed by atoms with Crippen molar-refractivity contribution in [2.75, 3.05) is 20.1 Å². The minimum atomic E-state index is -0.745. The number of carbonyl (C=O) groups is 3. The monoisotopic (exact) mass is 388 g/mol. The zero-order valence-corrected chi connectivity index (χ0v) is 17.2. The molecule has 7 nitrogen and oxygen atoms in total. The third-order valence-electron chi connectivity index (χ3n) is 5.54. The van der Waals surface area contributed by atoms with E-state index in [0.717, 1.165) is 30.6 Å². The quantitative estimate of drug-likeness (QED) is 0.679. The number of likely N-dealkylation sites (N-methyl/N-ethyl adjacent to an activating group) is 1. The van der Waals surface area contributed by atoms with Gasteiger partial charge in [-0.05, 0) is 32.1 Å². The molecule has 1 heterocycles. The molecule has 0 aromatic rings. The van der Waals surface area contributed by atoms with Crippen LogP contribution in [0, 0.1) is 5.92 Å². The fraction of sp³-hybridized carbons (Fsp3) is 0.833. The molecule has 1 saturated carbocycles. The molecule has 4 amide bonds. The zero-order chi connectivity index (χ0) is 18.8. The summed E-state index contributed by atoms with van der Waals surface area (Å²) in [5.41, 5.74) is 4.55. The van der Waals surface area contributed by atoms with E-state index < -0.39 is 11.1 Å². The summed E-state index contributed by atoms with van der Waals surface area (Å²) in [6.07, 6.45) is 5.05. The van der Waals surface area contributed by atoms with Gasteiger partial charge in [-0.1, -0.05) is 33.1 Å². The van der Waals surface area contributed by atoms with Gasteiger partial charge in [0.15, 0.2) is 0 Å². The lowest BCUT2D eigenvalue weighted by molar-refractivity contribution is -0.137. The smallest absolute Gasteiger partial charge is 0.327 e. The molecule has 26 heavy (non-hydrogen) atoms. The molecule has 1 unspecified atom stereocenters. The second-order valence-corrected chi connectivity index (χ2v) is 8.24. The normalized spacial score (nSPS) is 21.8. The molecule has 3 N–H and O–H groups in total. The molecular weight excluding hydrogens is 356 g/mol. The van der Waals surface area contributed by atoms with Gasteiger partial charge in [-0.15, -0.1) is 12.4 Å². The fourth-order valence-corrected chi connectivity index (χ4v) is 4.28. The van der Waals surface area contributed by atoms with Crippen LogP contribution in [0.1, 0.15) is 59.3 Å². The molecule has 0 aromatic heterocycles.